The Morgan fingerprint density at radius 2 is 2.19 bits per heavy atom. The highest BCUT2D eigenvalue weighted by molar-refractivity contribution is 6.00. The van der Waals surface area contributed by atoms with E-state index in [1.54, 1.807) is 0 Å². The molecular weight excluding hydrogens is 208 g/mol. The number of carbonyl (C=O) groups excluding carboxylic acids is 3. The van der Waals surface area contributed by atoms with Gasteiger partial charge in [-0.25, -0.2) is 0 Å². The van der Waals surface area contributed by atoms with E-state index in [-0.39, 0.29) is 17.5 Å². The largest absolute Gasteiger partial charge is 0.468 e. The van der Waals surface area contributed by atoms with Gasteiger partial charge in [0.25, 0.3) is 0 Å². The van der Waals surface area contributed by atoms with E-state index in [2.05, 4.69) is 4.74 Å². The Labute approximate surface area is 95.3 Å². The van der Waals surface area contributed by atoms with E-state index in [9.17, 15) is 14.4 Å². The SMILES string of the molecule is CCCC(=O)C(C(=O)OC)[C@H]1CCC(=O)C1. The first kappa shape index (κ1) is 12.9. The lowest BCUT2D eigenvalue weighted by Gasteiger charge is -2.18. The molecule has 1 rings (SSSR count). The molecule has 0 aromatic rings. The molecule has 2 atom stereocenters. The van der Waals surface area contributed by atoms with Gasteiger partial charge in [-0.2, -0.15) is 0 Å². The van der Waals surface area contributed by atoms with Crippen LogP contribution in [0.15, 0.2) is 0 Å². The van der Waals surface area contributed by atoms with Crippen molar-refractivity contribution in [2.24, 2.45) is 11.8 Å². The summed E-state index contributed by atoms with van der Waals surface area (Å²) >= 11 is 0. The third kappa shape index (κ3) is 2.90. The number of Topliss-reactive ketones (excluding diaryl/α,β-unsaturated/α-hetero) is 2. The zero-order valence-electron chi connectivity index (χ0n) is 9.82. The van der Waals surface area contributed by atoms with Crippen LogP contribution in [0.4, 0.5) is 0 Å². The van der Waals surface area contributed by atoms with Crippen molar-refractivity contribution in [3.8, 4) is 0 Å². The second kappa shape index (κ2) is 5.77. The third-order valence-electron chi connectivity index (χ3n) is 3.05. The Hall–Kier alpha value is -1.19. The van der Waals surface area contributed by atoms with Gasteiger partial charge in [0.1, 0.15) is 17.5 Å². The maximum atomic E-state index is 11.8. The average molecular weight is 226 g/mol. The van der Waals surface area contributed by atoms with Crippen LogP contribution in [0.5, 0.6) is 0 Å². The maximum Gasteiger partial charge on any atom is 0.316 e. The summed E-state index contributed by atoms with van der Waals surface area (Å²) in [5.41, 5.74) is 0. The molecule has 1 fully saturated rings. The van der Waals surface area contributed by atoms with Gasteiger partial charge in [0.2, 0.25) is 0 Å². The molecule has 1 aliphatic rings. The lowest BCUT2D eigenvalue weighted by atomic mass is 9.85. The van der Waals surface area contributed by atoms with E-state index in [1.807, 2.05) is 6.92 Å². The number of carbonyl (C=O) groups is 3. The summed E-state index contributed by atoms with van der Waals surface area (Å²) in [4.78, 5) is 34.6. The van der Waals surface area contributed by atoms with Crippen molar-refractivity contribution in [1.82, 2.24) is 0 Å². The van der Waals surface area contributed by atoms with E-state index in [1.165, 1.54) is 7.11 Å². The van der Waals surface area contributed by atoms with E-state index in [4.69, 9.17) is 0 Å². The number of hydrogen-bond acceptors (Lipinski definition) is 4. The molecule has 0 radical (unpaired) electrons. The number of ether oxygens (including phenoxy) is 1. The topological polar surface area (TPSA) is 60.4 Å². The summed E-state index contributed by atoms with van der Waals surface area (Å²) < 4.78 is 4.66. The van der Waals surface area contributed by atoms with Crippen LogP contribution in [-0.2, 0) is 19.1 Å². The van der Waals surface area contributed by atoms with Crippen molar-refractivity contribution >= 4 is 17.5 Å². The molecule has 0 heterocycles. The predicted molar refractivity (Wildman–Crippen MR) is 57.8 cm³/mol. The minimum absolute atomic E-state index is 0.0888. The molecule has 0 bridgehead atoms. The van der Waals surface area contributed by atoms with Gasteiger partial charge in [-0.1, -0.05) is 6.92 Å². The van der Waals surface area contributed by atoms with Crippen molar-refractivity contribution in [2.75, 3.05) is 7.11 Å². The highest BCUT2D eigenvalue weighted by Crippen LogP contribution is 2.31. The zero-order valence-corrected chi connectivity index (χ0v) is 9.82. The summed E-state index contributed by atoms with van der Waals surface area (Å²) in [6, 6.07) is 0. The fourth-order valence-electron chi connectivity index (χ4n) is 2.24. The molecule has 0 aromatic heterocycles. The molecule has 0 saturated heterocycles. The Morgan fingerprint density at radius 1 is 1.50 bits per heavy atom. The third-order valence-corrected chi connectivity index (χ3v) is 3.05. The molecule has 4 heteroatoms. The quantitative estimate of drug-likeness (QED) is 0.526. The molecule has 0 aliphatic heterocycles. The fourth-order valence-corrected chi connectivity index (χ4v) is 2.24. The summed E-state index contributed by atoms with van der Waals surface area (Å²) in [7, 11) is 1.28. The van der Waals surface area contributed by atoms with Crippen LogP contribution in [0.1, 0.15) is 39.0 Å². The monoisotopic (exact) mass is 226 g/mol. The summed E-state index contributed by atoms with van der Waals surface area (Å²) in [5.74, 6) is -1.30. The molecule has 0 spiro atoms. The molecule has 0 N–H and O–H groups in total. The van der Waals surface area contributed by atoms with Crippen LogP contribution in [0.2, 0.25) is 0 Å². The van der Waals surface area contributed by atoms with Crippen molar-refractivity contribution in [1.29, 1.82) is 0 Å². The average Bonchev–Trinajstić information content (AvgIpc) is 2.65. The second-order valence-electron chi connectivity index (χ2n) is 4.26. The number of esters is 1. The molecular formula is C12H18O4. The molecule has 16 heavy (non-hydrogen) atoms. The van der Waals surface area contributed by atoms with E-state index in [0.717, 1.165) is 0 Å². The predicted octanol–water partition coefficient (Wildman–Crippen LogP) is 1.51. The van der Waals surface area contributed by atoms with Gasteiger partial charge in [0, 0.05) is 19.3 Å². The molecule has 4 nitrogen and oxygen atoms in total. The second-order valence-corrected chi connectivity index (χ2v) is 4.26. The number of rotatable bonds is 5. The van der Waals surface area contributed by atoms with Crippen molar-refractivity contribution in [3.05, 3.63) is 0 Å². The first-order valence-electron chi connectivity index (χ1n) is 5.72. The normalized spacial score (nSPS) is 21.9. The molecule has 0 amide bonds. The fraction of sp³-hybridized carbons (Fsp3) is 0.750. The van der Waals surface area contributed by atoms with E-state index in [0.29, 0.717) is 32.1 Å². The molecule has 1 aliphatic carbocycles. The number of methoxy groups -OCH3 is 1. The first-order valence-corrected chi connectivity index (χ1v) is 5.72. The Kier molecular flexibility index (Phi) is 4.65. The van der Waals surface area contributed by atoms with Gasteiger partial charge in [0.05, 0.1) is 7.11 Å². The minimum Gasteiger partial charge on any atom is -0.468 e. The Bertz CT molecular complexity index is 295. The Morgan fingerprint density at radius 3 is 2.62 bits per heavy atom. The molecule has 1 saturated carbocycles. The summed E-state index contributed by atoms with van der Waals surface area (Å²) in [6.07, 6.45) is 2.55. The van der Waals surface area contributed by atoms with Crippen LogP contribution in [-0.4, -0.2) is 24.6 Å². The van der Waals surface area contributed by atoms with Gasteiger partial charge in [0.15, 0.2) is 0 Å². The van der Waals surface area contributed by atoms with Gasteiger partial charge in [-0.3, -0.25) is 14.4 Å². The lowest BCUT2D eigenvalue weighted by molar-refractivity contribution is -0.151. The summed E-state index contributed by atoms with van der Waals surface area (Å²) in [5, 5.41) is 0. The van der Waals surface area contributed by atoms with E-state index < -0.39 is 11.9 Å². The molecule has 0 aromatic carbocycles. The highest BCUT2D eigenvalue weighted by Gasteiger charge is 2.38. The van der Waals surface area contributed by atoms with Crippen LogP contribution >= 0.6 is 0 Å². The van der Waals surface area contributed by atoms with Crippen LogP contribution < -0.4 is 0 Å². The van der Waals surface area contributed by atoms with Gasteiger partial charge >= 0.3 is 5.97 Å². The van der Waals surface area contributed by atoms with Crippen LogP contribution in [0.25, 0.3) is 0 Å². The van der Waals surface area contributed by atoms with Gasteiger partial charge in [-0.05, 0) is 18.8 Å². The van der Waals surface area contributed by atoms with Crippen LogP contribution in [0, 0.1) is 11.8 Å². The smallest absolute Gasteiger partial charge is 0.316 e. The van der Waals surface area contributed by atoms with Gasteiger partial charge in [-0.15, -0.1) is 0 Å². The van der Waals surface area contributed by atoms with Crippen molar-refractivity contribution < 1.29 is 19.1 Å². The van der Waals surface area contributed by atoms with Gasteiger partial charge < -0.3 is 4.74 Å². The number of ketones is 2. The molecule has 90 valence electrons. The standard InChI is InChI=1S/C12H18O4/c1-3-4-10(14)11(12(15)16-2)8-5-6-9(13)7-8/h8,11H,3-7H2,1-2H3/t8-,11?/m0/s1. The lowest BCUT2D eigenvalue weighted by Crippen LogP contribution is -2.31. The van der Waals surface area contributed by atoms with Crippen molar-refractivity contribution in [2.45, 2.75) is 39.0 Å². The van der Waals surface area contributed by atoms with Crippen molar-refractivity contribution in [3.63, 3.8) is 0 Å². The summed E-state index contributed by atoms with van der Waals surface area (Å²) in [6.45, 7) is 1.89. The Balaban J connectivity index is 2.74. The zero-order chi connectivity index (χ0) is 12.1. The molecule has 1 unspecified atom stereocenters. The number of hydrogen-bond donors (Lipinski definition) is 0. The van der Waals surface area contributed by atoms with E-state index >= 15 is 0 Å². The minimum atomic E-state index is -0.726. The highest BCUT2D eigenvalue weighted by atomic mass is 16.5. The first-order chi connectivity index (χ1) is 7.60. The van der Waals surface area contributed by atoms with Crippen LogP contribution in [0.3, 0.4) is 0 Å². The maximum absolute atomic E-state index is 11.8.